The summed E-state index contributed by atoms with van der Waals surface area (Å²) in [7, 11) is -6.78. The van der Waals surface area contributed by atoms with Gasteiger partial charge in [0.25, 0.3) is 0 Å². The van der Waals surface area contributed by atoms with Crippen LogP contribution in [0.1, 0.15) is 0 Å². The molecule has 3 unspecified atom stereocenters. The normalized spacial score (nSPS) is 17.6. The monoisotopic (exact) mass is 370 g/mol. The highest BCUT2D eigenvalue weighted by atomic mass is 32.3. The van der Waals surface area contributed by atoms with Crippen molar-refractivity contribution >= 4 is 41.4 Å². The lowest BCUT2D eigenvalue weighted by atomic mass is 10.4. The van der Waals surface area contributed by atoms with Gasteiger partial charge in [-0.05, 0) is 19.6 Å². The summed E-state index contributed by atoms with van der Waals surface area (Å²) >= 11 is -5.90. The summed E-state index contributed by atoms with van der Waals surface area (Å²) in [5.41, 5.74) is 0. The van der Waals surface area contributed by atoms with Gasteiger partial charge in [-0.25, -0.2) is 12.6 Å². The van der Waals surface area contributed by atoms with Crippen molar-refractivity contribution in [1.82, 2.24) is 0 Å². The van der Waals surface area contributed by atoms with Crippen LogP contribution in [0.3, 0.4) is 0 Å². The van der Waals surface area contributed by atoms with Crippen molar-refractivity contribution in [1.29, 1.82) is 0 Å². The zero-order valence-corrected chi connectivity index (χ0v) is 14.2. The molecule has 14 heteroatoms. The molecule has 0 aliphatic rings. The molecule has 0 N–H and O–H groups in total. The van der Waals surface area contributed by atoms with Gasteiger partial charge in [0, 0.05) is 0 Å². The van der Waals surface area contributed by atoms with E-state index in [1.807, 2.05) is 0 Å². The molecule has 0 spiro atoms. The van der Waals surface area contributed by atoms with Crippen LogP contribution in [0.15, 0.2) is 0 Å². The first kappa shape index (κ1) is 20.2. The zero-order chi connectivity index (χ0) is 16.0. The molecule has 0 rings (SSSR count). The Balaban J connectivity index is 4.51. The molecule has 0 saturated heterocycles. The van der Waals surface area contributed by atoms with Crippen LogP contribution in [-0.4, -0.2) is 53.6 Å². The van der Waals surface area contributed by atoms with Gasteiger partial charge in [-0.15, -0.1) is 0 Å². The van der Waals surface area contributed by atoms with E-state index in [1.165, 1.54) is 0 Å². The van der Waals surface area contributed by atoms with E-state index < -0.39 is 60.8 Å². The minimum Gasteiger partial charge on any atom is -0.750 e. The van der Waals surface area contributed by atoms with E-state index in [-0.39, 0.29) is 0 Å². The minimum atomic E-state index is -4.34. The van der Waals surface area contributed by atoms with Crippen molar-refractivity contribution in [3.8, 4) is 0 Å². The van der Waals surface area contributed by atoms with E-state index in [0.717, 1.165) is 0 Å². The Labute approximate surface area is 123 Å². The van der Waals surface area contributed by atoms with Crippen LogP contribution in [0.5, 0.6) is 0 Å². The lowest BCUT2D eigenvalue weighted by molar-refractivity contribution is 0.0822. The highest BCUT2D eigenvalue weighted by Gasteiger charge is 2.26. The van der Waals surface area contributed by atoms with E-state index in [2.05, 4.69) is 12.5 Å². The van der Waals surface area contributed by atoms with Crippen molar-refractivity contribution in [3.63, 3.8) is 0 Å². The molecule has 122 valence electrons. The van der Waals surface area contributed by atoms with Crippen LogP contribution in [-0.2, 0) is 49.5 Å². The first-order chi connectivity index (χ1) is 8.91. The maximum Gasteiger partial charge on any atom is 0.390 e. The second-order valence-corrected chi connectivity index (χ2v) is 11.5. The summed E-state index contributed by atoms with van der Waals surface area (Å²) in [6, 6.07) is 0. The maximum atomic E-state index is 11.4. The summed E-state index contributed by atoms with van der Waals surface area (Å²) in [6.45, 7) is 3.28. The molecule has 0 aliphatic heterocycles. The second-order valence-electron chi connectivity index (χ2n) is 4.30. The van der Waals surface area contributed by atoms with E-state index >= 15 is 0 Å². The zero-order valence-electron chi connectivity index (χ0n) is 10.8. The Morgan fingerprint density at radius 1 is 1.10 bits per heavy atom. The Morgan fingerprint density at radius 3 is 2.05 bits per heavy atom. The highest BCUT2D eigenvalue weighted by molar-refractivity contribution is 7.83. The Hall–Kier alpha value is 0.227. The summed E-state index contributed by atoms with van der Waals surface area (Å²) in [4.78, 5) is 0. The number of rotatable bonds is 10. The van der Waals surface area contributed by atoms with Gasteiger partial charge < -0.3 is 9.11 Å². The Kier molecular flexibility index (Phi) is 8.71. The SMILES string of the molecule is C[Si](C)(C)OS(=O)(=O)OCC(COS(=O)[O-])OS(=O)[O-]. The first-order valence-electron chi connectivity index (χ1n) is 5.00. The quantitative estimate of drug-likeness (QED) is 0.349. The van der Waals surface area contributed by atoms with Gasteiger partial charge in [0.05, 0.1) is 35.9 Å². The third-order valence-corrected chi connectivity index (χ3v) is 5.31. The lowest BCUT2D eigenvalue weighted by Crippen LogP contribution is -2.33. The van der Waals surface area contributed by atoms with Crippen LogP contribution in [0.4, 0.5) is 0 Å². The Morgan fingerprint density at radius 2 is 1.65 bits per heavy atom. The molecule has 0 bridgehead atoms. The largest absolute Gasteiger partial charge is 0.750 e. The van der Waals surface area contributed by atoms with Crippen molar-refractivity contribution in [2.45, 2.75) is 25.7 Å². The predicted octanol–water partition coefficient (Wildman–Crippen LogP) is -0.911. The molecule has 0 heterocycles. The average molecular weight is 370 g/mol. The van der Waals surface area contributed by atoms with Crippen LogP contribution in [0.25, 0.3) is 0 Å². The van der Waals surface area contributed by atoms with E-state index in [1.54, 1.807) is 19.6 Å². The van der Waals surface area contributed by atoms with Gasteiger partial charge in [-0.2, -0.15) is 8.42 Å². The summed E-state index contributed by atoms with van der Waals surface area (Å²) in [5, 5.41) is 0. The fourth-order valence-electron chi connectivity index (χ4n) is 0.836. The number of hydrogen-bond donors (Lipinski definition) is 0. The molecule has 0 radical (unpaired) electrons. The fraction of sp³-hybridized carbons (Fsp3) is 1.00. The summed E-state index contributed by atoms with van der Waals surface area (Å²) in [6.07, 6.45) is -1.45. The van der Waals surface area contributed by atoms with Crippen molar-refractivity contribution in [2.75, 3.05) is 13.2 Å². The third-order valence-electron chi connectivity index (χ3n) is 1.32. The van der Waals surface area contributed by atoms with Crippen LogP contribution >= 0.6 is 0 Å². The van der Waals surface area contributed by atoms with Gasteiger partial charge in [0.2, 0.25) is 8.32 Å². The van der Waals surface area contributed by atoms with Gasteiger partial charge in [-0.3, -0.25) is 12.2 Å². The molecule has 3 atom stereocenters. The first-order valence-corrected chi connectivity index (χ1v) is 11.7. The molecule has 0 amide bonds. The topological polar surface area (TPSA) is 151 Å². The van der Waals surface area contributed by atoms with Crippen LogP contribution in [0, 0.1) is 0 Å². The molecule has 10 nitrogen and oxygen atoms in total. The molecule has 0 aliphatic carbocycles. The molecule has 0 saturated carbocycles. The van der Waals surface area contributed by atoms with Crippen LogP contribution in [0.2, 0.25) is 19.6 Å². The summed E-state index contributed by atoms with van der Waals surface area (Å²) < 4.78 is 81.2. The molecule has 0 aromatic carbocycles. The Bertz CT molecular complexity index is 442. The van der Waals surface area contributed by atoms with Gasteiger partial charge in [0.1, 0.15) is 6.10 Å². The number of hydrogen-bond acceptors (Lipinski definition) is 10. The maximum absolute atomic E-state index is 11.4. The molecule has 0 fully saturated rings. The molecular weight excluding hydrogens is 356 g/mol. The van der Waals surface area contributed by atoms with Gasteiger partial charge in [0.15, 0.2) is 0 Å². The molecular formula is C6H14O10S3Si-2. The van der Waals surface area contributed by atoms with Crippen molar-refractivity contribution in [3.05, 3.63) is 0 Å². The minimum absolute atomic E-state index is 0.730. The smallest absolute Gasteiger partial charge is 0.390 e. The van der Waals surface area contributed by atoms with Crippen molar-refractivity contribution in [2.24, 2.45) is 0 Å². The highest BCUT2D eigenvalue weighted by Crippen LogP contribution is 2.11. The van der Waals surface area contributed by atoms with Crippen molar-refractivity contribution < 1.29 is 42.4 Å². The fourth-order valence-corrected chi connectivity index (χ4v) is 4.39. The third kappa shape index (κ3) is 12.0. The van der Waals surface area contributed by atoms with Crippen LogP contribution < -0.4 is 0 Å². The molecule has 0 aromatic rings. The standard InChI is InChI=1S/C6H16O10S3Si/c1-20(2,3)16-19(11,12)14-5-6(15-18(9)10)4-13-17(7)8/h6H,4-5H2,1-3H3,(H,7,8)(H,9,10)/p-2. The van der Waals surface area contributed by atoms with Gasteiger partial charge in [-0.1, -0.05) is 0 Å². The summed E-state index contributed by atoms with van der Waals surface area (Å²) in [5.74, 6) is 0. The van der Waals surface area contributed by atoms with E-state index in [9.17, 15) is 25.9 Å². The average Bonchev–Trinajstić information content (AvgIpc) is 2.18. The lowest BCUT2D eigenvalue weighted by Gasteiger charge is -2.20. The predicted molar refractivity (Wildman–Crippen MR) is 68.0 cm³/mol. The molecule has 20 heavy (non-hydrogen) atoms. The van der Waals surface area contributed by atoms with Gasteiger partial charge >= 0.3 is 10.4 Å². The van der Waals surface area contributed by atoms with E-state index in [0.29, 0.717) is 0 Å². The van der Waals surface area contributed by atoms with E-state index in [4.69, 9.17) is 3.87 Å². The molecule has 0 aromatic heterocycles. The second kappa shape index (κ2) is 8.62.